The second-order valence-electron chi connectivity index (χ2n) is 22.7. The fourth-order valence-electron chi connectivity index (χ4n) is 19.8. The summed E-state index contributed by atoms with van der Waals surface area (Å²) < 4.78 is 31.7. The molecule has 326 valence electrons. The van der Waals surface area contributed by atoms with E-state index in [2.05, 4.69) is 13.8 Å². The van der Waals surface area contributed by atoms with Crippen molar-refractivity contribution in [1.29, 1.82) is 0 Å². The SMILES string of the molecule is COC12CC(=O)C3(C(C[C@H]4CC5CC[C@H]6C[C@@H](OC(C)=O)CC[C@]6(OC(C)=O)C5C[C@@]43C)C1)C1C[C@H]3[C@@H]4CC[C@H]5C[C@@H](OC(C)=O)CC[C@]5(OC(C)=O)[C@H]4CC[C@]3(C)C12. The Hall–Kier alpha value is -2.49. The number of ether oxygens (including phenoxy) is 5. The first-order valence-electron chi connectivity index (χ1n) is 23.8. The van der Waals surface area contributed by atoms with Crippen LogP contribution in [0.5, 0.6) is 0 Å². The van der Waals surface area contributed by atoms with Crippen molar-refractivity contribution in [2.75, 3.05) is 7.11 Å². The minimum Gasteiger partial charge on any atom is -0.463 e. The first kappa shape index (κ1) is 40.6. The quantitative estimate of drug-likeness (QED) is 0.197. The van der Waals surface area contributed by atoms with Crippen molar-refractivity contribution < 1.29 is 47.7 Å². The summed E-state index contributed by atoms with van der Waals surface area (Å²) in [5.74, 6) is 2.66. The van der Waals surface area contributed by atoms with Gasteiger partial charge < -0.3 is 23.7 Å². The van der Waals surface area contributed by atoms with Crippen LogP contribution in [0.3, 0.4) is 0 Å². The zero-order valence-corrected chi connectivity index (χ0v) is 36.8. The average Bonchev–Trinajstić information content (AvgIpc) is 3.63. The number of ketones is 1. The highest BCUT2D eigenvalue weighted by molar-refractivity contribution is 5.90. The number of hydrogen-bond donors (Lipinski definition) is 0. The summed E-state index contributed by atoms with van der Waals surface area (Å²) in [4.78, 5) is 65.9. The highest BCUT2D eigenvalue weighted by Gasteiger charge is 2.84. The molecule has 0 amide bonds. The van der Waals surface area contributed by atoms with Gasteiger partial charge in [0.05, 0.1) is 5.60 Å². The molecule has 19 atom stereocenters. The van der Waals surface area contributed by atoms with Crippen molar-refractivity contribution in [2.24, 2.45) is 81.3 Å². The van der Waals surface area contributed by atoms with Crippen molar-refractivity contribution in [3.63, 3.8) is 0 Å². The van der Waals surface area contributed by atoms with Crippen LogP contribution in [0.25, 0.3) is 0 Å². The van der Waals surface area contributed by atoms with Crippen molar-refractivity contribution in [2.45, 2.75) is 186 Å². The summed E-state index contributed by atoms with van der Waals surface area (Å²) in [6.07, 6.45) is 15.7. The Kier molecular flexibility index (Phi) is 9.29. The fourth-order valence-corrected chi connectivity index (χ4v) is 19.8. The predicted molar refractivity (Wildman–Crippen MR) is 215 cm³/mol. The molecule has 7 unspecified atom stereocenters. The zero-order chi connectivity index (χ0) is 41.7. The third-order valence-electron chi connectivity index (χ3n) is 20.9. The summed E-state index contributed by atoms with van der Waals surface area (Å²) >= 11 is 0. The molecule has 11 rings (SSSR count). The van der Waals surface area contributed by atoms with E-state index in [1.54, 1.807) is 13.8 Å². The Labute approximate surface area is 351 Å². The summed E-state index contributed by atoms with van der Waals surface area (Å²) in [7, 11) is 1.89. The third-order valence-corrected chi connectivity index (χ3v) is 20.9. The Balaban J connectivity index is 1.02. The molecule has 59 heavy (non-hydrogen) atoms. The van der Waals surface area contributed by atoms with E-state index in [0.717, 1.165) is 89.9 Å². The maximum Gasteiger partial charge on any atom is 0.303 e. The molecule has 1 spiro atoms. The van der Waals surface area contributed by atoms with Crippen LogP contribution < -0.4 is 0 Å². The number of methoxy groups -OCH3 is 1. The van der Waals surface area contributed by atoms with Gasteiger partial charge in [0.15, 0.2) is 0 Å². The van der Waals surface area contributed by atoms with E-state index in [1.807, 2.05) is 7.11 Å². The van der Waals surface area contributed by atoms with Gasteiger partial charge in [0.2, 0.25) is 0 Å². The first-order valence-corrected chi connectivity index (χ1v) is 23.8. The number of hydrogen-bond acceptors (Lipinski definition) is 10. The molecule has 0 aromatic carbocycles. The van der Waals surface area contributed by atoms with Gasteiger partial charge in [-0.1, -0.05) is 13.8 Å². The number of carbonyl (C=O) groups excluding carboxylic acids is 5. The minimum atomic E-state index is -0.600. The molecule has 11 aliphatic carbocycles. The molecule has 0 saturated heterocycles. The van der Waals surface area contributed by atoms with E-state index in [4.69, 9.17) is 23.7 Å². The highest BCUT2D eigenvalue weighted by Crippen LogP contribution is 2.84. The monoisotopic (exact) mass is 818 g/mol. The molecular weight excluding hydrogens is 749 g/mol. The lowest BCUT2D eigenvalue weighted by Gasteiger charge is -2.69. The molecule has 0 aliphatic heterocycles. The van der Waals surface area contributed by atoms with Gasteiger partial charge in [0.1, 0.15) is 29.2 Å². The number of Topliss-reactive ketones (excluding diaryl/α,β-unsaturated/α-hetero) is 1. The molecule has 10 heteroatoms. The van der Waals surface area contributed by atoms with E-state index >= 15 is 4.79 Å². The second kappa shape index (κ2) is 13.5. The molecule has 0 aromatic rings. The molecule has 0 heterocycles. The maximum absolute atomic E-state index is 15.6. The Morgan fingerprint density at radius 1 is 0.576 bits per heavy atom. The van der Waals surface area contributed by atoms with E-state index in [0.29, 0.717) is 55.1 Å². The van der Waals surface area contributed by atoms with Crippen LogP contribution in [0, 0.1) is 81.3 Å². The first-order chi connectivity index (χ1) is 28.0. The predicted octanol–water partition coefficient (Wildman–Crippen LogP) is 8.34. The Morgan fingerprint density at radius 2 is 1.19 bits per heavy atom. The van der Waals surface area contributed by atoms with Gasteiger partial charge in [-0.3, -0.25) is 24.0 Å². The van der Waals surface area contributed by atoms with Crippen LogP contribution in [0.2, 0.25) is 0 Å². The zero-order valence-electron chi connectivity index (χ0n) is 36.8. The van der Waals surface area contributed by atoms with Crippen LogP contribution in [-0.4, -0.2) is 65.8 Å². The molecule has 10 nitrogen and oxygen atoms in total. The van der Waals surface area contributed by atoms with Gasteiger partial charge in [0.25, 0.3) is 0 Å². The van der Waals surface area contributed by atoms with Crippen molar-refractivity contribution in [1.82, 2.24) is 0 Å². The lowest BCUT2D eigenvalue weighted by atomic mass is 9.36. The second-order valence-corrected chi connectivity index (χ2v) is 22.7. The normalized spacial score (nSPS) is 53.7. The smallest absolute Gasteiger partial charge is 0.303 e. The van der Waals surface area contributed by atoms with Crippen LogP contribution in [0.15, 0.2) is 0 Å². The van der Waals surface area contributed by atoms with Gasteiger partial charge in [-0.05, 0) is 161 Å². The molecule has 11 fully saturated rings. The van der Waals surface area contributed by atoms with E-state index in [9.17, 15) is 19.2 Å². The van der Waals surface area contributed by atoms with Crippen molar-refractivity contribution in [3.8, 4) is 0 Å². The van der Waals surface area contributed by atoms with Crippen molar-refractivity contribution in [3.05, 3.63) is 0 Å². The Bertz CT molecular complexity index is 1810. The van der Waals surface area contributed by atoms with Gasteiger partial charge in [0, 0.05) is 70.3 Å². The van der Waals surface area contributed by atoms with Gasteiger partial charge in [-0.2, -0.15) is 0 Å². The molecule has 0 aromatic heterocycles. The van der Waals surface area contributed by atoms with E-state index < -0.39 is 22.2 Å². The summed E-state index contributed by atoms with van der Waals surface area (Å²) in [5.41, 5.74) is -2.29. The minimum absolute atomic E-state index is 0.00462. The lowest BCUT2D eigenvalue weighted by molar-refractivity contribution is -0.254. The summed E-state index contributed by atoms with van der Waals surface area (Å²) in [6.45, 7) is 11.2. The van der Waals surface area contributed by atoms with Gasteiger partial charge in [-0.15, -0.1) is 0 Å². The molecule has 11 saturated carbocycles. The van der Waals surface area contributed by atoms with Crippen LogP contribution in [0.1, 0.15) is 157 Å². The maximum atomic E-state index is 15.6. The topological polar surface area (TPSA) is 132 Å². The highest BCUT2D eigenvalue weighted by atomic mass is 16.6. The largest absolute Gasteiger partial charge is 0.463 e. The summed E-state index contributed by atoms with van der Waals surface area (Å²) in [5, 5.41) is 0. The number of carbonyl (C=O) groups is 5. The standard InChI is InChI=1S/C49H70O10/c1-26(50)56-35-12-16-47(58-28(3)52)32(21-35)10-11-37-38(47)14-15-44(5)39(37)22-40-43(44)46(55-7)23-34-19-33-18-30-8-9-31-20-36(57-27(2)51)13-17-48(31,59-29(4)53)41(30)24-45(33,6)49(34,40)42(54)25-46/h30-41,43H,8-25H2,1-7H3/t30?,31-,32-,33+,34?,35-,36-,37+,38-,39-,40?,41?,43?,44-,45-,46?,47+,48+,49?/m0/s1. The van der Waals surface area contributed by atoms with Crippen LogP contribution in [-0.2, 0) is 47.7 Å². The lowest BCUT2D eigenvalue weighted by Crippen LogP contribution is -2.72. The van der Waals surface area contributed by atoms with Gasteiger partial charge in [-0.25, -0.2) is 0 Å². The fraction of sp³-hybridized carbons (Fsp3) is 0.898. The molecule has 0 radical (unpaired) electrons. The molecule has 2 bridgehead atoms. The van der Waals surface area contributed by atoms with Crippen molar-refractivity contribution >= 4 is 29.7 Å². The number of fused-ring (bicyclic) bond motifs is 10. The Morgan fingerprint density at radius 3 is 1.78 bits per heavy atom. The number of rotatable bonds is 5. The molecule has 11 aliphatic rings. The number of esters is 4. The summed E-state index contributed by atoms with van der Waals surface area (Å²) in [6, 6.07) is 0. The van der Waals surface area contributed by atoms with Crippen LogP contribution >= 0.6 is 0 Å². The molecular formula is C49H70O10. The van der Waals surface area contributed by atoms with E-state index in [1.165, 1.54) is 13.8 Å². The average molecular weight is 819 g/mol. The van der Waals surface area contributed by atoms with Gasteiger partial charge >= 0.3 is 23.9 Å². The van der Waals surface area contributed by atoms with Crippen LogP contribution in [0.4, 0.5) is 0 Å². The van der Waals surface area contributed by atoms with E-state index in [-0.39, 0.29) is 88.3 Å². The molecule has 0 N–H and O–H groups in total. The third kappa shape index (κ3) is 5.34.